The van der Waals surface area contributed by atoms with Gasteiger partial charge in [-0.2, -0.15) is 0 Å². The maximum atomic E-state index is 12.2. The van der Waals surface area contributed by atoms with E-state index < -0.39 is 0 Å². The maximum absolute atomic E-state index is 12.2. The summed E-state index contributed by atoms with van der Waals surface area (Å²) in [5.41, 5.74) is 2.08. The molecule has 0 radical (unpaired) electrons. The van der Waals surface area contributed by atoms with Gasteiger partial charge in [-0.25, -0.2) is 0 Å². The summed E-state index contributed by atoms with van der Waals surface area (Å²) in [6.07, 6.45) is 1.68. The van der Waals surface area contributed by atoms with Crippen molar-refractivity contribution in [2.45, 2.75) is 33.7 Å². The van der Waals surface area contributed by atoms with E-state index in [-0.39, 0.29) is 22.8 Å². The van der Waals surface area contributed by atoms with Gasteiger partial charge in [0.05, 0.1) is 11.1 Å². The van der Waals surface area contributed by atoms with Crippen LogP contribution in [0.4, 0.5) is 0 Å². The molecule has 0 aliphatic rings. The zero-order chi connectivity index (χ0) is 13.4. The molecule has 0 bridgehead atoms. The number of pyridine rings is 1. The number of carbonyl (C=O) groups excluding carboxylic acids is 1. The molecule has 0 aliphatic carbocycles. The standard InChI is InChI=1S/C15H17NO2/c1-9(2)16-8-13(11(4)17)15(18)12-6-5-10(3)7-14(12)16/h5-9H,1-4H3. The highest BCUT2D eigenvalue weighted by Crippen LogP contribution is 2.18. The number of hydrogen-bond donors (Lipinski definition) is 0. The quantitative estimate of drug-likeness (QED) is 0.760. The number of hydrogen-bond acceptors (Lipinski definition) is 2. The lowest BCUT2D eigenvalue weighted by atomic mass is 10.1. The Morgan fingerprint density at radius 3 is 2.50 bits per heavy atom. The monoisotopic (exact) mass is 243 g/mol. The molecule has 0 N–H and O–H groups in total. The average molecular weight is 243 g/mol. The molecule has 1 heterocycles. The molecule has 0 saturated heterocycles. The van der Waals surface area contributed by atoms with Crippen LogP contribution in [-0.4, -0.2) is 10.4 Å². The highest BCUT2D eigenvalue weighted by atomic mass is 16.1. The van der Waals surface area contributed by atoms with Gasteiger partial charge in [0, 0.05) is 17.6 Å². The number of carbonyl (C=O) groups is 1. The third kappa shape index (κ3) is 1.96. The van der Waals surface area contributed by atoms with Crippen LogP contribution in [0.2, 0.25) is 0 Å². The van der Waals surface area contributed by atoms with Crippen LogP contribution in [0.3, 0.4) is 0 Å². The van der Waals surface area contributed by atoms with Crippen molar-refractivity contribution in [1.29, 1.82) is 0 Å². The van der Waals surface area contributed by atoms with Gasteiger partial charge in [-0.3, -0.25) is 9.59 Å². The Labute approximate surface area is 106 Å². The SMILES string of the molecule is CC(=O)c1cn(C(C)C)c2cc(C)ccc2c1=O. The first-order chi connectivity index (χ1) is 8.41. The Bertz CT molecular complexity index is 681. The number of aromatic nitrogens is 1. The van der Waals surface area contributed by atoms with Gasteiger partial charge in [-0.1, -0.05) is 6.07 Å². The molecule has 1 aromatic heterocycles. The first-order valence-corrected chi connectivity index (χ1v) is 6.08. The summed E-state index contributed by atoms with van der Waals surface area (Å²) in [5, 5.41) is 0.613. The molecule has 2 rings (SSSR count). The molecule has 0 aliphatic heterocycles. The number of ketones is 1. The van der Waals surface area contributed by atoms with E-state index in [4.69, 9.17) is 0 Å². The first-order valence-electron chi connectivity index (χ1n) is 6.08. The van der Waals surface area contributed by atoms with Crippen LogP contribution < -0.4 is 5.43 Å². The lowest BCUT2D eigenvalue weighted by Crippen LogP contribution is -2.18. The van der Waals surface area contributed by atoms with E-state index in [1.165, 1.54) is 6.92 Å². The second-order valence-corrected chi connectivity index (χ2v) is 4.95. The van der Waals surface area contributed by atoms with Gasteiger partial charge in [-0.05, 0) is 45.4 Å². The molecular formula is C15H17NO2. The fraction of sp³-hybridized carbons (Fsp3) is 0.333. The predicted molar refractivity (Wildman–Crippen MR) is 73.3 cm³/mol. The highest BCUT2D eigenvalue weighted by molar-refractivity contribution is 5.97. The molecule has 2 aromatic rings. The minimum Gasteiger partial charge on any atom is -0.344 e. The van der Waals surface area contributed by atoms with Crippen LogP contribution in [0.1, 0.15) is 42.7 Å². The molecule has 18 heavy (non-hydrogen) atoms. The third-order valence-electron chi connectivity index (χ3n) is 3.12. The Morgan fingerprint density at radius 2 is 1.94 bits per heavy atom. The second kappa shape index (κ2) is 4.41. The van der Waals surface area contributed by atoms with Crippen LogP contribution in [0, 0.1) is 6.92 Å². The maximum Gasteiger partial charge on any atom is 0.200 e. The molecule has 0 fully saturated rings. The van der Waals surface area contributed by atoms with Crippen molar-refractivity contribution in [2.24, 2.45) is 0 Å². The third-order valence-corrected chi connectivity index (χ3v) is 3.12. The second-order valence-electron chi connectivity index (χ2n) is 4.95. The van der Waals surface area contributed by atoms with Gasteiger partial charge in [0.1, 0.15) is 0 Å². The number of rotatable bonds is 2. The molecule has 1 aromatic carbocycles. The van der Waals surface area contributed by atoms with E-state index in [0.29, 0.717) is 5.39 Å². The summed E-state index contributed by atoms with van der Waals surface area (Å²) in [6.45, 7) is 7.50. The number of fused-ring (bicyclic) bond motifs is 1. The van der Waals surface area contributed by atoms with Crippen LogP contribution >= 0.6 is 0 Å². The lowest BCUT2D eigenvalue weighted by molar-refractivity contribution is 0.101. The Kier molecular flexibility index (Phi) is 3.07. The zero-order valence-corrected chi connectivity index (χ0v) is 11.2. The van der Waals surface area contributed by atoms with Crippen LogP contribution in [-0.2, 0) is 0 Å². The van der Waals surface area contributed by atoms with Crippen molar-refractivity contribution in [2.75, 3.05) is 0 Å². The van der Waals surface area contributed by atoms with Gasteiger partial charge < -0.3 is 4.57 Å². The Hall–Kier alpha value is -1.90. The van der Waals surface area contributed by atoms with Gasteiger partial charge in [0.25, 0.3) is 0 Å². The minimum absolute atomic E-state index is 0.172. The van der Waals surface area contributed by atoms with E-state index in [0.717, 1.165) is 11.1 Å². The van der Waals surface area contributed by atoms with E-state index in [1.807, 2.05) is 37.5 Å². The topological polar surface area (TPSA) is 39.1 Å². The Morgan fingerprint density at radius 1 is 1.28 bits per heavy atom. The molecule has 0 unspecified atom stereocenters. The fourth-order valence-electron chi connectivity index (χ4n) is 2.14. The summed E-state index contributed by atoms with van der Waals surface area (Å²) < 4.78 is 1.99. The lowest BCUT2D eigenvalue weighted by Gasteiger charge is -2.16. The normalized spacial score (nSPS) is 11.2. The minimum atomic E-state index is -0.183. The van der Waals surface area contributed by atoms with Crippen LogP contribution in [0.5, 0.6) is 0 Å². The molecule has 0 spiro atoms. The summed E-state index contributed by atoms with van der Waals surface area (Å²) >= 11 is 0. The Balaban J connectivity index is 2.97. The predicted octanol–water partition coefficient (Wildman–Crippen LogP) is 3.09. The summed E-state index contributed by atoms with van der Waals surface area (Å²) in [4.78, 5) is 23.8. The molecular weight excluding hydrogens is 226 g/mol. The van der Waals surface area contributed by atoms with Crippen LogP contribution in [0.25, 0.3) is 10.9 Å². The van der Waals surface area contributed by atoms with Crippen molar-refractivity contribution in [1.82, 2.24) is 4.57 Å². The molecule has 0 atom stereocenters. The molecule has 94 valence electrons. The molecule has 0 saturated carbocycles. The summed E-state index contributed by atoms with van der Waals surface area (Å²) in [6, 6.07) is 5.89. The molecule has 3 nitrogen and oxygen atoms in total. The van der Waals surface area contributed by atoms with Crippen molar-refractivity contribution in [3.8, 4) is 0 Å². The number of benzene rings is 1. The van der Waals surface area contributed by atoms with Gasteiger partial charge in [0.15, 0.2) is 11.2 Å². The van der Waals surface area contributed by atoms with E-state index >= 15 is 0 Å². The van der Waals surface area contributed by atoms with Crippen LogP contribution in [0.15, 0.2) is 29.2 Å². The number of Topliss-reactive ketones (excluding diaryl/α,β-unsaturated/α-hetero) is 1. The summed E-state index contributed by atoms with van der Waals surface area (Å²) in [7, 11) is 0. The number of nitrogens with zero attached hydrogens (tertiary/aromatic N) is 1. The highest BCUT2D eigenvalue weighted by Gasteiger charge is 2.13. The molecule has 3 heteroatoms. The fourth-order valence-corrected chi connectivity index (χ4v) is 2.14. The van der Waals surface area contributed by atoms with Gasteiger partial charge in [0.2, 0.25) is 0 Å². The molecule has 0 amide bonds. The van der Waals surface area contributed by atoms with E-state index in [2.05, 4.69) is 0 Å². The van der Waals surface area contributed by atoms with Crippen molar-refractivity contribution < 1.29 is 4.79 Å². The van der Waals surface area contributed by atoms with Gasteiger partial charge in [-0.15, -0.1) is 0 Å². The van der Waals surface area contributed by atoms with E-state index in [1.54, 1.807) is 12.3 Å². The van der Waals surface area contributed by atoms with E-state index in [9.17, 15) is 9.59 Å². The largest absolute Gasteiger partial charge is 0.344 e. The average Bonchev–Trinajstić information content (AvgIpc) is 2.28. The van der Waals surface area contributed by atoms with Gasteiger partial charge >= 0.3 is 0 Å². The smallest absolute Gasteiger partial charge is 0.200 e. The summed E-state index contributed by atoms with van der Waals surface area (Å²) in [5.74, 6) is -0.183. The van der Waals surface area contributed by atoms with Crippen molar-refractivity contribution in [3.05, 3.63) is 45.7 Å². The van der Waals surface area contributed by atoms with Crippen molar-refractivity contribution >= 4 is 16.7 Å². The number of aryl methyl sites for hydroxylation is 1. The zero-order valence-electron chi connectivity index (χ0n) is 11.2. The van der Waals surface area contributed by atoms with Crippen molar-refractivity contribution in [3.63, 3.8) is 0 Å². The first kappa shape index (κ1) is 12.6.